The summed E-state index contributed by atoms with van der Waals surface area (Å²) in [6, 6.07) is 4.41. The van der Waals surface area contributed by atoms with Crippen molar-refractivity contribution in [3.05, 3.63) is 23.8 Å². The molecule has 1 aromatic rings. The number of benzene rings is 1. The van der Waals surface area contributed by atoms with E-state index in [-0.39, 0.29) is 18.1 Å². The highest BCUT2D eigenvalue weighted by atomic mass is 16.5. The minimum atomic E-state index is -2.05. The molecule has 0 fully saturated rings. The summed E-state index contributed by atoms with van der Waals surface area (Å²) in [7, 11) is 0. The Bertz CT molecular complexity index is 611. The highest BCUT2D eigenvalue weighted by molar-refractivity contribution is 6.00. The van der Waals surface area contributed by atoms with E-state index >= 15 is 0 Å². The van der Waals surface area contributed by atoms with Gasteiger partial charge in [-0.2, -0.15) is 0 Å². The maximum absolute atomic E-state index is 11.9. The van der Waals surface area contributed by atoms with E-state index in [9.17, 15) is 19.5 Å². The fraction of sp³-hybridized carbons (Fsp3) is 0.308. The van der Waals surface area contributed by atoms with Crippen LogP contribution in [-0.2, 0) is 9.59 Å². The van der Waals surface area contributed by atoms with E-state index in [1.54, 1.807) is 0 Å². The Morgan fingerprint density at radius 3 is 2.86 bits per heavy atom. The van der Waals surface area contributed by atoms with Crippen LogP contribution in [0.25, 0.3) is 0 Å². The normalized spacial score (nSPS) is 16.0. The van der Waals surface area contributed by atoms with Crippen LogP contribution in [0.5, 0.6) is 5.75 Å². The zero-order valence-electron chi connectivity index (χ0n) is 11.2. The number of hydrogen-bond acceptors (Lipinski definition) is 5. The number of amides is 2. The van der Waals surface area contributed by atoms with Crippen LogP contribution in [0.3, 0.4) is 0 Å². The SMILES string of the molecule is CC(O)(CNC(=O)c1ccc2c(c1)NC(=O)CO2)C(=O)O. The Morgan fingerprint density at radius 1 is 1.48 bits per heavy atom. The number of anilines is 1. The number of ether oxygens (including phenoxy) is 1. The van der Waals surface area contributed by atoms with Crippen molar-refractivity contribution in [2.45, 2.75) is 12.5 Å². The summed E-state index contributed by atoms with van der Waals surface area (Å²) in [4.78, 5) is 33.8. The van der Waals surface area contributed by atoms with E-state index in [0.29, 0.717) is 11.4 Å². The van der Waals surface area contributed by atoms with Gasteiger partial charge < -0.3 is 25.6 Å². The molecule has 1 aromatic carbocycles. The van der Waals surface area contributed by atoms with E-state index in [2.05, 4.69) is 10.6 Å². The maximum Gasteiger partial charge on any atom is 0.337 e. The third kappa shape index (κ3) is 3.29. The number of nitrogens with one attached hydrogen (secondary N) is 2. The zero-order valence-corrected chi connectivity index (χ0v) is 11.2. The first kappa shape index (κ1) is 14.8. The van der Waals surface area contributed by atoms with Crippen molar-refractivity contribution in [3.8, 4) is 5.75 Å². The molecule has 4 N–H and O–H groups in total. The first-order valence-corrected chi connectivity index (χ1v) is 6.10. The summed E-state index contributed by atoms with van der Waals surface area (Å²) in [5, 5.41) is 23.1. The van der Waals surface area contributed by atoms with Gasteiger partial charge in [0.15, 0.2) is 12.2 Å². The molecule has 8 nitrogen and oxygen atoms in total. The molecule has 1 aliphatic rings. The number of aliphatic hydroxyl groups is 1. The van der Waals surface area contributed by atoms with Gasteiger partial charge in [-0.3, -0.25) is 9.59 Å². The van der Waals surface area contributed by atoms with Crippen LogP contribution < -0.4 is 15.4 Å². The highest BCUT2D eigenvalue weighted by Crippen LogP contribution is 2.28. The predicted octanol–water partition coefficient (Wildman–Crippen LogP) is -0.417. The van der Waals surface area contributed by atoms with Gasteiger partial charge in [-0.05, 0) is 25.1 Å². The van der Waals surface area contributed by atoms with Crippen molar-refractivity contribution in [1.82, 2.24) is 5.32 Å². The fourth-order valence-electron chi connectivity index (χ4n) is 1.65. The van der Waals surface area contributed by atoms with E-state index < -0.39 is 24.0 Å². The van der Waals surface area contributed by atoms with Crippen LogP contribution in [0, 0.1) is 0 Å². The average molecular weight is 294 g/mol. The minimum Gasteiger partial charge on any atom is -0.482 e. The van der Waals surface area contributed by atoms with Crippen molar-refractivity contribution in [2.24, 2.45) is 0 Å². The molecular formula is C13H14N2O6. The Hall–Kier alpha value is -2.61. The molecule has 112 valence electrons. The average Bonchev–Trinajstić information content (AvgIpc) is 2.43. The second-order valence-corrected chi connectivity index (χ2v) is 4.81. The summed E-state index contributed by atoms with van der Waals surface area (Å²) in [6.45, 7) is 0.553. The van der Waals surface area contributed by atoms with Gasteiger partial charge in [-0.1, -0.05) is 0 Å². The molecule has 0 saturated carbocycles. The molecule has 0 aliphatic carbocycles. The summed E-state index contributed by atoms with van der Waals surface area (Å²) in [5.74, 6) is -1.88. The smallest absolute Gasteiger partial charge is 0.337 e. The van der Waals surface area contributed by atoms with E-state index in [0.717, 1.165) is 6.92 Å². The quantitative estimate of drug-likeness (QED) is 0.598. The van der Waals surface area contributed by atoms with Crippen molar-refractivity contribution in [3.63, 3.8) is 0 Å². The molecule has 2 rings (SSSR count). The lowest BCUT2D eigenvalue weighted by molar-refractivity contribution is -0.155. The van der Waals surface area contributed by atoms with Crippen molar-refractivity contribution in [2.75, 3.05) is 18.5 Å². The molecule has 1 unspecified atom stereocenters. The standard InChI is InChI=1S/C13H14N2O6/c1-13(20,12(18)19)6-14-11(17)7-2-3-9-8(4-7)15-10(16)5-21-9/h2-4,20H,5-6H2,1H3,(H,14,17)(H,15,16)(H,18,19). The highest BCUT2D eigenvalue weighted by Gasteiger charge is 2.30. The van der Waals surface area contributed by atoms with Crippen LogP contribution in [0.15, 0.2) is 18.2 Å². The molecule has 0 spiro atoms. The predicted molar refractivity (Wildman–Crippen MR) is 71.2 cm³/mol. The van der Waals surface area contributed by atoms with E-state index in [1.807, 2.05) is 0 Å². The number of hydrogen-bond donors (Lipinski definition) is 4. The van der Waals surface area contributed by atoms with Gasteiger partial charge >= 0.3 is 5.97 Å². The maximum atomic E-state index is 11.9. The molecule has 1 aliphatic heterocycles. The van der Waals surface area contributed by atoms with Gasteiger partial charge in [-0.15, -0.1) is 0 Å². The minimum absolute atomic E-state index is 0.0833. The Kier molecular flexibility index (Phi) is 3.81. The summed E-state index contributed by atoms with van der Waals surface area (Å²) >= 11 is 0. The number of aliphatic carboxylic acids is 1. The van der Waals surface area contributed by atoms with E-state index in [4.69, 9.17) is 9.84 Å². The van der Waals surface area contributed by atoms with Crippen LogP contribution in [0.2, 0.25) is 0 Å². The lowest BCUT2D eigenvalue weighted by Crippen LogP contribution is -2.46. The Balaban J connectivity index is 2.08. The van der Waals surface area contributed by atoms with Crippen LogP contribution >= 0.6 is 0 Å². The van der Waals surface area contributed by atoms with Gasteiger partial charge in [0.25, 0.3) is 11.8 Å². The van der Waals surface area contributed by atoms with Crippen molar-refractivity contribution >= 4 is 23.5 Å². The van der Waals surface area contributed by atoms with Gasteiger partial charge in [0.2, 0.25) is 0 Å². The molecular weight excluding hydrogens is 280 g/mol. The van der Waals surface area contributed by atoms with Crippen LogP contribution in [0.1, 0.15) is 17.3 Å². The molecule has 0 aromatic heterocycles. The monoisotopic (exact) mass is 294 g/mol. The number of fused-ring (bicyclic) bond motifs is 1. The topological polar surface area (TPSA) is 125 Å². The largest absolute Gasteiger partial charge is 0.482 e. The molecule has 21 heavy (non-hydrogen) atoms. The van der Waals surface area contributed by atoms with Gasteiger partial charge in [0, 0.05) is 5.56 Å². The summed E-state index contributed by atoms with van der Waals surface area (Å²) < 4.78 is 5.15. The molecule has 1 atom stereocenters. The van der Waals surface area contributed by atoms with Gasteiger partial charge in [0.05, 0.1) is 12.2 Å². The second-order valence-electron chi connectivity index (χ2n) is 4.81. The second kappa shape index (κ2) is 5.41. The first-order chi connectivity index (χ1) is 9.79. The zero-order chi connectivity index (χ0) is 15.6. The van der Waals surface area contributed by atoms with Crippen LogP contribution in [-0.4, -0.2) is 46.7 Å². The third-order valence-electron chi connectivity index (χ3n) is 2.93. The molecule has 0 saturated heterocycles. The van der Waals surface area contributed by atoms with E-state index in [1.165, 1.54) is 18.2 Å². The number of rotatable bonds is 4. The fourth-order valence-corrected chi connectivity index (χ4v) is 1.65. The number of carbonyl (C=O) groups excluding carboxylic acids is 2. The molecule has 0 bridgehead atoms. The number of carboxylic acid groups (broad SMARTS) is 1. The molecule has 1 heterocycles. The van der Waals surface area contributed by atoms with Crippen molar-refractivity contribution in [1.29, 1.82) is 0 Å². The third-order valence-corrected chi connectivity index (χ3v) is 2.93. The number of carboxylic acids is 1. The lowest BCUT2D eigenvalue weighted by Gasteiger charge is -2.20. The molecule has 2 amide bonds. The Labute approximate surface area is 119 Å². The Morgan fingerprint density at radius 2 is 2.19 bits per heavy atom. The van der Waals surface area contributed by atoms with Crippen LogP contribution in [0.4, 0.5) is 5.69 Å². The summed E-state index contributed by atoms with van der Waals surface area (Å²) in [6.07, 6.45) is 0. The molecule has 8 heteroatoms. The number of carbonyl (C=O) groups is 3. The molecule has 0 radical (unpaired) electrons. The lowest BCUT2D eigenvalue weighted by atomic mass is 10.1. The van der Waals surface area contributed by atoms with Gasteiger partial charge in [0.1, 0.15) is 5.75 Å². The summed E-state index contributed by atoms with van der Waals surface area (Å²) in [5.41, 5.74) is -1.48. The van der Waals surface area contributed by atoms with Crippen molar-refractivity contribution < 1.29 is 29.3 Å². The first-order valence-electron chi connectivity index (χ1n) is 6.10. The van der Waals surface area contributed by atoms with Gasteiger partial charge in [-0.25, -0.2) is 4.79 Å².